The van der Waals surface area contributed by atoms with Crippen molar-refractivity contribution in [2.45, 2.75) is 39.8 Å². The van der Waals surface area contributed by atoms with Gasteiger partial charge in [0.2, 0.25) is 0 Å². The van der Waals surface area contributed by atoms with Gasteiger partial charge in [0.05, 0.1) is 5.69 Å². The molecule has 0 unspecified atom stereocenters. The summed E-state index contributed by atoms with van der Waals surface area (Å²) in [6, 6.07) is 5.84. The molecule has 0 aromatic carbocycles. The molecule has 0 bridgehead atoms. The van der Waals surface area contributed by atoms with E-state index in [4.69, 9.17) is 4.52 Å². The van der Waals surface area contributed by atoms with Gasteiger partial charge in [-0.2, -0.15) is 5.10 Å². The van der Waals surface area contributed by atoms with Gasteiger partial charge in [0.15, 0.2) is 11.8 Å². The average Bonchev–Trinajstić information content (AvgIpc) is 3.38. The van der Waals surface area contributed by atoms with Crippen LogP contribution in [0, 0.1) is 0 Å². The van der Waals surface area contributed by atoms with Gasteiger partial charge in [0.25, 0.3) is 0 Å². The molecule has 0 saturated carbocycles. The third-order valence-electron chi connectivity index (χ3n) is 4.27. The number of aromatic nitrogens is 4. The van der Waals surface area contributed by atoms with Crippen LogP contribution in [-0.2, 0) is 25.9 Å². The molecule has 0 fully saturated rings. The van der Waals surface area contributed by atoms with Gasteiger partial charge in [-0.05, 0) is 30.2 Å². The Morgan fingerprint density at radius 1 is 1.18 bits per heavy atom. The van der Waals surface area contributed by atoms with Gasteiger partial charge in [-0.25, -0.2) is 9.67 Å². The number of halogens is 1. The molecule has 0 saturated heterocycles. The summed E-state index contributed by atoms with van der Waals surface area (Å²) in [5.74, 6) is 2.43. The maximum absolute atomic E-state index is 5.41. The molecule has 3 aromatic rings. The number of nitrogens with zero attached hydrogens (tertiary/aromatic N) is 5. The summed E-state index contributed by atoms with van der Waals surface area (Å²) in [7, 11) is 1.76. The molecule has 0 aliphatic heterocycles. The van der Waals surface area contributed by atoms with Crippen molar-refractivity contribution in [1.29, 1.82) is 0 Å². The Balaban J connectivity index is 0.00000280. The molecule has 0 aliphatic rings. The van der Waals surface area contributed by atoms with E-state index in [1.807, 2.05) is 24.4 Å². The van der Waals surface area contributed by atoms with E-state index in [-0.39, 0.29) is 24.0 Å². The largest absolute Gasteiger partial charge is 0.361 e. The maximum Gasteiger partial charge on any atom is 0.191 e. The molecule has 150 valence electrons. The summed E-state index contributed by atoms with van der Waals surface area (Å²) in [5.41, 5.74) is 3.20. The van der Waals surface area contributed by atoms with Crippen LogP contribution in [0.25, 0.3) is 5.82 Å². The van der Waals surface area contributed by atoms with E-state index in [0.717, 1.165) is 47.2 Å². The Kier molecular flexibility index (Phi) is 8.42. The first-order valence-electron chi connectivity index (χ1n) is 9.10. The Hall–Kier alpha value is -2.43. The van der Waals surface area contributed by atoms with Crippen LogP contribution >= 0.6 is 24.0 Å². The van der Waals surface area contributed by atoms with Crippen LogP contribution in [0.1, 0.15) is 36.4 Å². The number of pyridine rings is 1. The minimum Gasteiger partial charge on any atom is -0.361 e. The molecule has 3 rings (SSSR count). The summed E-state index contributed by atoms with van der Waals surface area (Å²) in [6.45, 7) is 5.40. The van der Waals surface area contributed by atoms with Crippen LogP contribution in [0.15, 0.2) is 46.3 Å². The van der Waals surface area contributed by atoms with Crippen molar-refractivity contribution in [2.75, 3.05) is 7.05 Å². The molecule has 0 amide bonds. The van der Waals surface area contributed by atoms with E-state index in [9.17, 15) is 0 Å². The first-order chi connectivity index (χ1) is 13.2. The fourth-order valence-electron chi connectivity index (χ4n) is 2.82. The third-order valence-corrected chi connectivity index (χ3v) is 4.27. The summed E-state index contributed by atoms with van der Waals surface area (Å²) in [4.78, 5) is 8.64. The average molecular weight is 495 g/mol. The molecule has 28 heavy (non-hydrogen) atoms. The number of aliphatic imine (C=N–C) groups is 1. The van der Waals surface area contributed by atoms with Gasteiger partial charge >= 0.3 is 0 Å². The Labute approximate surface area is 181 Å². The van der Waals surface area contributed by atoms with Gasteiger partial charge in [0, 0.05) is 50.7 Å². The molecule has 0 aliphatic carbocycles. The SMILES string of the molecule is CCc1noc(CC)c1CNC(=NC)NCc1ccnc(-n2cccn2)c1.I. The zero-order chi connectivity index (χ0) is 19.1. The first kappa shape index (κ1) is 21.9. The summed E-state index contributed by atoms with van der Waals surface area (Å²) in [6.07, 6.45) is 7.05. The molecule has 9 heteroatoms. The monoisotopic (exact) mass is 495 g/mol. The van der Waals surface area contributed by atoms with E-state index in [1.54, 1.807) is 24.1 Å². The number of nitrogens with one attached hydrogen (secondary N) is 2. The highest BCUT2D eigenvalue weighted by Gasteiger charge is 2.13. The van der Waals surface area contributed by atoms with Crippen molar-refractivity contribution in [2.24, 2.45) is 4.99 Å². The maximum atomic E-state index is 5.41. The lowest BCUT2D eigenvalue weighted by molar-refractivity contribution is 0.380. The van der Waals surface area contributed by atoms with Crippen molar-refractivity contribution in [1.82, 2.24) is 30.6 Å². The van der Waals surface area contributed by atoms with Crippen molar-refractivity contribution >= 4 is 29.9 Å². The van der Waals surface area contributed by atoms with E-state index >= 15 is 0 Å². The van der Waals surface area contributed by atoms with Crippen molar-refractivity contribution in [3.05, 3.63) is 59.4 Å². The first-order valence-corrected chi connectivity index (χ1v) is 9.10. The smallest absolute Gasteiger partial charge is 0.191 e. The lowest BCUT2D eigenvalue weighted by Crippen LogP contribution is -2.36. The van der Waals surface area contributed by atoms with Crippen molar-refractivity contribution < 1.29 is 4.52 Å². The van der Waals surface area contributed by atoms with Gasteiger partial charge in [0.1, 0.15) is 5.76 Å². The molecule has 2 N–H and O–H groups in total. The number of rotatable bonds is 7. The van der Waals surface area contributed by atoms with E-state index in [1.165, 1.54) is 0 Å². The fourth-order valence-corrected chi connectivity index (χ4v) is 2.82. The van der Waals surface area contributed by atoms with Gasteiger partial charge < -0.3 is 15.2 Å². The predicted octanol–water partition coefficient (Wildman–Crippen LogP) is 2.86. The minimum atomic E-state index is 0. The highest BCUT2D eigenvalue weighted by atomic mass is 127. The molecule has 8 nitrogen and oxygen atoms in total. The molecule has 0 atom stereocenters. The highest BCUT2D eigenvalue weighted by molar-refractivity contribution is 14.0. The topological polar surface area (TPSA) is 93.2 Å². The van der Waals surface area contributed by atoms with E-state index in [2.05, 4.69) is 44.7 Å². The summed E-state index contributed by atoms with van der Waals surface area (Å²) in [5, 5.41) is 15.0. The molecular weight excluding hydrogens is 469 g/mol. The summed E-state index contributed by atoms with van der Waals surface area (Å²) >= 11 is 0. The highest BCUT2D eigenvalue weighted by Crippen LogP contribution is 2.15. The Morgan fingerprint density at radius 2 is 2.00 bits per heavy atom. The van der Waals surface area contributed by atoms with Crippen LogP contribution in [0.5, 0.6) is 0 Å². The Morgan fingerprint density at radius 3 is 2.68 bits per heavy atom. The quantitative estimate of drug-likeness (QED) is 0.298. The Bertz CT molecular complexity index is 868. The molecule has 0 radical (unpaired) electrons. The predicted molar refractivity (Wildman–Crippen MR) is 119 cm³/mol. The van der Waals surface area contributed by atoms with Gasteiger partial charge in [-0.1, -0.05) is 19.0 Å². The van der Waals surface area contributed by atoms with Gasteiger partial charge in [-0.3, -0.25) is 4.99 Å². The fraction of sp³-hybridized carbons (Fsp3) is 0.368. The third kappa shape index (κ3) is 5.31. The standard InChI is InChI=1S/C19H25N7O.HI/c1-4-16-15(17(5-2)27-25-16)13-23-19(20-3)22-12-14-7-9-21-18(11-14)26-10-6-8-24-26;/h6-11H,4-5,12-13H2,1-3H3,(H2,20,22,23);1H. The normalized spacial score (nSPS) is 11.2. The lowest BCUT2D eigenvalue weighted by Gasteiger charge is -2.12. The minimum absolute atomic E-state index is 0. The molecular formula is C19H26IN7O. The van der Waals surface area contributed by atoms with Crippen LogP contribution in [0.2, 0.25) is 0 Å². The number of hydrogen-bond donors (Lipinski definition) is 2. The lowest BCUT2D eigenvalue weighted by atomic mass is 10.1. The number of aryl methyl sites for hydroxylation is 2. The van der Waals surface area contributed by atoms with E-state index in [0.29, 0.717) is 13.1 Å². The zero-order valence-electron chi connectivity index (χ0n) is 16.3. The molecule has 0 spiro atoms. The van der Waals surface area contributed by atoms with Crippen LogP contribution in [-0.4, -0.2) is 32.9 Å². The second-order valence-electron chi connectivity index (χ2n) is 5.99. The summed E-state index contributed by atoms with van der Waals surface area (Å²) < 4.78 is 7.15. The molecule has 3 aromatic heterocycles. The second-order valence-corrected chi connectivity index (χ2v) is 5.99. The van der Waals surface area contributed by atoms with Gasteiger partial charge in [-0.15, -0.1) is 24.0 Å². The van der Waals surface area contributed by atoms with Crippen LogP contribution in [0.4, 0.5) is 0 Å². The van der Waals surface area contributed by atoms with Crippen molar-refractivity contribution in [3.8, 4) is 5.82 Å². The second kappa shape index (κ2) is 10.8. The van der Waals surface area contributed by atoms with Crippen LogP contribution < -0.4 is 10.6 Å². The zero-order valence-corrected chi connectivity index (χ0v) is 18.7. The van der Waals surface area contributed by atoms with E-state index < -0.39 is 0 Å². The number of hydrogen-bond acceptors (Lipinski definition) is 5. The number of guanidine groups is 1. The van der Waals surface area contributed by atoms with Crippen molar-refractivity contribution in [3.63, 3.8) is 0 Å². The molecule has 3 heterocycles. The van der Waals surface area contributed by atoms with Crippen LogP contribution in [0.3, 0.4) is 0 Å².